The lowest BCUT2D eigenvalue weighted by atomic mass is 10.1. The molecule has 1 aromatic heterocycles. The van der Waals surface area contributed by atoms with Crippen molar-refractivity contribution in [1.29, 1.82) is 0 Å². The van der Waals surface area contributed by atoms with E-state index in [2.05, 4.69) is 10.3 Å². The number of nitrogens with zero attached hydrogens (tertiary/aromatic N) is 1. The number of nitrogens with one attached hydrogen (secondary N) is 1. The number of ether oxygens (including phenoxy) is 1. The van der Waals surface area contributed by atoms with Gasteiger partial charge < -0.3 is 19.6 Å². The number of methoxy groups -OCH3 is 1. The summed E-state index contributed by atoms with van der Waals surface area (Å²) in [6.45, 7) is 5.24. The third kappa shape index (κ3) is 4.82. The van der Waals surface area contributed by atoms with Gasteiger partial charge in [0.2, 0.25) is 11.8 Å². The van der Waals surface area contributed by atoms with Crippen LogP contribution in [0.15, 0.2) is 28.7 Å². The Morgan fingerprint density at radius 1 is 1.35 bits per heavy atom. The van der Waals surface area contributed by atoms with Crippen molar-refractivity contribution in [3.63, 3.8) is 0 Å². The van der Waals surface area contributed by atoms with Gasteiger partial charge in [-0.25, -0.2) is 4.98 Å². The molecule has 0 fully saturated rings. The van der Waals surface area contributed by atoms with Crippen LogP contribution < -0.4 is 10.1 Å². The van der Waals surface area contributed by atoms with Crippen molar-refractivity contribution in [2.24, 2.45) is 0 Å². The van der Waals surface area contributed by atoms with E-state index in [9.17, 15) is 9.90 Å². The van der Waals surface area contributed by atoms with Crippen LogP contribution in [0.4, 0.5) is 0 Å². The molecule has 124 valence electrons. The first-order valence-corrected chi connectivity index (χ1v) is 7.38. The van der Waals surface area contributed by atoms with Crippen LogP contribution in [0.5, 0.6) is 5.75 Å². The number of carbonyl (C=O) groups is 1. The molecule has 0 bridgehead atoms. The molecule has 0 atom stereocenters. The molecular weight excluding hydrogens is 296 g/mol. The maximum atomic E-state index is 11.9. The Hall–Kier alpha value is -2.34. The standard InChI is InChI=1S/C17H22N2O4/c1-11-14(9-15(20)18-10-17(2,3)21)19-16(23-11)12-5-7-13(22-4)8-6-12/h5-8,21H,9-10H2,1-4H3,(H,18,20). The van der Waals surface area contributed by atoms with Crippen molar-refractivity contribution in [3.05, 3.63) is 35.7 Å². The smallest absolute Gasteiger partial charge is 0.226 e. The van der Waals surface area contributed by atoms with Gasteiger partial charge in [-0.15, -0.1) is 0 Å². The van der Waals surface area contributed by atoms with Gasteiger partial charge in [0.05, 0.1) is 24.8 Å². The molecule has 2 aromatic rings. The summed E-state index contributed by atoms with van der Waals surface area (Å²) in [6.07, 6.45) is 0.113. The number of amides is 1. The molecule has 1 aromatic carbocycles. The fraction of sp³-hybridized carbons (Fsp3) is 0.412. The fourth-order valence-corrected chi connectivity index (χ4v) is 1.98. The van der Waals surface area contributed by atoms with Crippen LogP contribution in [0.3, 0.4) is 0 Å². The number of aryl methyl sites for hydroxylation is 1. The maximum absolute atomic E-state index is 11.9. The Morgan fingerprint density at radius 3 is 2.57 bits per heavy atom. The van der Waals surface area contributed by atoms with E-state index in [1.807, 2.05) is 24.3 Å². The van der Waals surface area contributed by atoms with Crippen LogP contribution >= 0.6 is 0 Å². The Labute approximate surface area is 135 Å². The minimum Gasteiger partial charge on any atom is -0.497 e. The van der Waals surface area contributed by atoms with Gasteiger partial charge in [-0.05, 0) is 45.0 Å². The number of benzene rings is 1. The molecule has 0 saturated carbocycles. The SMILES string of the molecule is COc1ccc(-c2nc(CC(=O)NCC(C)(C)O)c(C)o2)cc1. The van der Waals surface area contributed by atoms with Gasteiger partial charge in [-0.1, -0.05) is 0 Å². The van der Waals surface area contributed by atoms with Crippen molar-refractivity contribution in [2.75, 3.05) is 13.7 Å². The molecule has 1 heterocycles. The first-order chi connectivity index (χ1) is 10.8. The number of rotatable bonds is 6. The molecule has 0 spiro atoms. The summed E-state index contributed by atoms with van der Waals surface area (Å²) in [7, 11) is 1.61. The average molecular weight is 318 g/mol. The Morgan fingerprint density at radius 2 is 2.00 bits per heavy atom. The molecule has 0 aliphatic carbocycles. The van der Waals surface area contributed by atoms with Gasteiger partial charge in [0.1, 0.15) is 11.5 Å². The lowest BCUT2D eigenvalue weighted by Gasteiger charge is -2.17. The molecule has 1 amide bonds. The van der Waals surface area contributed by atoms with E-state index >= 15 is 0 Å². The highest BCUT2D eigenvalue weighted by atomic mass is 16.5. The van der Waals surface area contributed by atoms with E-state index in [4.69, 9.17) is 9.15 Å². The Bertz CT molecular complexity index is 669. The minimum atomic E-state index is -0.942. The van der Waals surface area contributed by atoms with Crippen LogP contribution in [0.25, 0.3) is 11.5 Å². The van der Waals surface area contributed by atoms with E-state index in [0.717, 1.165) is 11.3 Å². The molecule has 6 nitrogen and oxygen atoms in total. The molecule has 0 saturated heterocycles. The van der Waals surface area contributed by atoms with Crippen LogP contribution in [0, 0.1) is 6.92 Å². The molecule has 23 heavy (non-hydrogen) atoms. The molecule has 0 aliphatic rings. The number of aromatic nitrogens is 1. The molecule has 2 N–H and O–H groups in total. The summed E-state index contributed by atoms with van der Waals surface area (Å²) in [6, 6.07) is 7.35. The molecule has 2 rings (SSSR count). The van der Waals surface area contributed by atoms with E-state index in [0.29, 0.717) is 17.3 Å². The summed E-state index contributed by atoms with van der Waals surface area (Å²) >= 11 is 0. The quantitative estimate of drug-likeness (QED) is 0.852. The number of aliphatic hydroxyl groups is 1. The van der Waals surface area contributed by atoms with E-state index in [-0.39, 0.29) is 18.9 Å². The zero-order valence-electron chi connectivity index (χ0n) is 13.8. The van der Waals surface area contributed by atoms with Crippen molar-refractivity contribution in [2.45, 2.75) is 32.8 Å². The van der Waals surface area contributed by atoms with Gasteiger partial charge in [-0.3, -0.25) is 4.79 Å². The first-order valence-electron chi connectivity index (χ1n) is 7.38. The number of hydrogen-bond acceptors (Lipinski definition) is 5. The zero-order valence-corrected chi connectivity index (χ0v) is 13.8. The monoisotopic (exact) mass is 318 g/mol. The summed E-state index contributed by atoms with van der Waals surface area (Å²) in [5, 5.41) is 12.3. The van der Waals surface area contributed by atoms with Crippen molar-refractivity contribution >= 4 is 5.91 Å². The van der Waals surface area contributed by atoms with Crippen LogP contribution in [0.1, 0.15) is 25.3 Å². The second-order valence-electron chi connectivity index (χ2n) is 6.02. The topological polar surface area (TPSA) is 84.6 Å². The Kier molecular flexibility index (Phi) is 5.05. The van der Waals surface area contributed by atoms with Crippen LogP contribution in [0.2, 0.25) is 0 Å². The largest absolute Gasteiger partial charge is 0.497 e. The van der Waals surface area contributed by atoms with Gasteiger partial charge in [-0.2, -0.15) is 0 Å². The van der Waals surface area contributed by atoms with E-state index in [1.54, 1.807) is 27.9 Å². The number of hydrogen-bond donors (Lipinski definition) is 2. The van der Waals surface area contributed by atoms with Crippen molar-refractivity contribution in [1.82, 2.24) is 10.3 Å². The van der Waals surface area contributed by atoms with Gasteiger partial charge >= 0.3 is 0 Å². The minimum absolute atomic E-state index is 0.113. The lowest BCUT2D eigenvalue weighted by molar-refractivity contribution is -0.121. The van der Waals surface area contributed by atoms with Crippen molar-refractivity contribution in [3.8, 4) is 17.2 Å². The highest BCUT2D eigenvalue weighted by molar-refractivity contribution is 5.78. The van der Waals surface area contributed by atoms with Crippen molar-refractivity contribution < 1.29 is 19.1 Å². The molecular formula is C17H22N2O4. The number of oxazole rings is 1. The third-order valence-corrected chi connectivity index (χ3v) is 3.28. The average Bonchev–Trinajstić information content (AvgIpc) is 2.86. The normalized spacial score (nSPS) is 11.3. The maximum Gasteiger partial charge on any atom is 0.226 e. The van der Waals surface area contributed by atoms with Gasteiger partial charge in [0.25, 0.3) is 0 Å². The van der Waals surface area contributed by atoms with Crippen LogP contribution in [-0.4, -0.2) is 35.3 Å². The predicted molar refractivity (Wildman–Crippen MR) is 86.2 cm³/mol. The molecule has 6 heteroatoms. The van der Waals surface area contributed by atoms with Crippen LogP contribution in [-0.2, 0) is 11.2 Å². The molecule has 0 aliphatic heterocycles. The fourth-order valence-electron chi connectivity index (χ4n) is 1.98. The number of carbonyl (C=O) groups excluding carboxylic acids is 1. The summed E-state index contributed by atoms with van der Waals surface area (Å²) in [5.41, 5.74) is 0.462. The summed E-state index contributed by atoms with van der Waals surface area (Å²) in [4.78, 5) is 16.3. The Balaban J connectivity index is 2.07. The first kappa shape index (κ1) is 17.0. The van der Waals surface area contributed by atoms with Gasteiger partial charge in [0, 0.05) is 12.1 Å². The van der Waals surface area contributed by atoms with E-state index in [1.165, 1.54) is 0 Å². The predicted octanol–water partition coefficient (Wildman–Crippen LogP) is 2.09. The summed E-state index contributed by atoms with van der Waals surface area (Å²) in [5.74, 6) is 1.62. The highest BCUT2D eigenvalue weighted by Crippen LogP contribution is 2.24. The molecule has 0 unspecified atom stereocenters. The van der Waals surface area contributed by atoms with Gasteiger partial charge in [0.15, 0.2) is 0 Å². The van der Waals surface area contributed by atoms with E-state index < -0.39 is 5.60 Å². The third-order valence-electron chi connectivity index (χ3n) is 3.28. The second kappa shape index (κ2) is 6.83. The lowest BCUT2D eigenvalue weighted by Crippen LogP contribution is -2.38. The second-order valence-corrected chi connectivity index (χ2v) is 6.02. The summed E-state index contributed by atoms with van der Waals surface area (Å²) < 4.78 is 10.8. The zero-order chi connectivity index (χ0) is 17.0. The molecule has 0 radical (unpaired) electrons. The highest BCUT2D eigenvalue weighted by Gasteiger charge is 2.17.